The van der Waals surface area contributed by atoms with Gasteiger partial charge in [0, 0.05) is 18.3 Å². The number of nitro groups is 1. The summed E-state index contributed by atoms with van der Waals surface area (Å²) >= 11 is 0. The van der Waals surface area contributed by atoms with Crippen molar-refractivity contribution >= 4 is 11.4 Å². The molecule has 2 rings (SSSR count). The fourth-order valence-corrected chi connectivity index (χ4v) is 1.42. The number of halogens is 1. The van der Waals surface area contributed by atoms with E-state index in [1.54, 1.807) is 12.4 Å². The van der Waals surface area contributed by atoms with Crippen LogP contribution in [0.25, 0.3) is 0 Å². The number of aromatic nitrogens is 2. The highest BCUT2D eigenvalue weighted by atomic mass is 19.1. The molecule has 0 atom stereocenters. The first-order chi connectivity index (χ1) is 8.18. The van der Waals surface area contributed by atoms with E-state index in [9.17, 15) is 14.5 Å². The second-order valence-electron chi connectivity index (χ2n) is 3.35. The number of nitro benzene ring substituents is 1. The van der Waals surface area contributed by atoms with Crippen LogP contribution in [0.1, 0.15) is 5.56 Å². The van der Waals surface area contributed by atoms with Crippen LogP contribution in [0.15, 0.2) is 30.6 Å². The van der Waals surface area contributed by atoms with Crippen molar-refractivity contribution in [2.24, 2.45) is 0 Å². The molecule has 2 aromatic rings. The smallest absolute Gasteiger partial charge is 0.327 e. The van der Waals surface area contributed by atoms with Crippen LogP contribution in [0, 0.1) is 15.9 Å². The number of anilines is 1. The summed E-state index contributed by atoms with van der Waals surface area (Å²) < 4.78 is 13.3. The molecule has 0 fully saturated rings. The van der Waals surface area contributed by atoms with Gasteiger partial charge in [0.15, 0.2) is 0 Å². The molecular weight excluding hydrogens is 227 g/mol. The monoisotopic (exact) mass is 236 g/mol. The topological polar surface area (TPSA) is 83.8 Å². The Labute approximate surface area is 95.6 Å². The molecule has 7 heteroatoms. The molecule has 0 radical (unpaired) electrons. The lowest BCUT2D eigenvalue weighted by Crippen LogP contribution is -2.03. The van der Waals surface area contributed by atoms with Gasteiger partial charge in [-0.2, -0.15) is 9.49 Å². The molecule has 0 aliphatic carbocycles. The van der Waals surface area contributed by atoms with Gasteiger partial charge in [0.05, 0.1) is 11.1 Å². The molecular formula is C10H9FN4O2. The van der Waals surface area contributed by atoms with Crippen molar-refractivity contribution in [2.45, 2.75) is 6.54 Å². The lowest BCUT2D eigenvalue weighted by atomic mass is 10.2. The fourth-order valence-electron chi connectivity index (χ4n) is 1.42. The summed E-state index contributed by atoms with van der Waals surface area (Å²) in [6.45, 7) is 0.334. The minimum atomic E-state index is -0.854. The third kappa shape index (κ3) is 2.39. The predicted octanol–water partition coefficient (Wildman–Crippen LogP) is 2.07. The Morgan fingerprint density at radius 3 is 3.00 bits per heavy atom. The lowest BCUT2D eigenvalue weighted by Gasteiger charge is -2.05. The Morgan fingerprint density at radius 1 is 1.53 bits per heavy atom. The summed E-state index contributed by atoms with van der Waals surface area (Å²) in [6.07, 6.45) is 3.23. The number of nitrogens with one attached hydrogen (secondary N) is 2. The van der Waals surface area contributed by atoms with Gasteiger partial charge < -0.3 is 5.32 Å². The van der Waals surface area contributed by atoms with Crippen molar-refractivity contribution in [3.8, 4) is 0 Å². The van der Waals surface area contributed by atoms with Crippen LogP contribution in [0.4, 0.5) is 15.8 Å². The van der Waals surface area contributed by atoms with E-state index >= 15 is 0 Å². The number of para-hydroxylation sites is 1. The van der Waals surface area contributed by atoms with Crippen LogP contribution < -0.4 is 5.32 Å². The average molecular weight is 236 g/mol. The first-order valence-corrected chi connectivity index (χ1v) is 4.83. The molecule has 0 amide bonds. The van der Waals surface area contributed by atoms with E-state index in [1.165, 1.54) is 12.1 Å². The van der Waals surface area contributed by atoms with Crippen molar-refractivity contribution in [1.29, 1.82) is 0 Å². The Bertz CT molecular complexity index is 527. The molecule has 0 aliphatic heterocycles. The molecule has 0 bridgehead atoms. The second-order valence-corrected chi connectivity index (χ2v) is 3.35. The zero-order valence-corrected chi connectivity index (χ0v) is 8.68. The van der Waals surface area contributed by atoms with Crippen molar-refractivity contribution in [3.63, 3.8) is 0 Å². The summed E-state index contributed by atoms with van der Waals surface area (Å²) in [5, 5.41) is 19.9. The first-order valence-electron chi connectivity index (χ1n) is 4.83. The molecule has 0 aliphatic rings. The summed E-state index contributed by atoms with van der Waals surface area (Å²) in [6, 6.07) is 3.93. The van der Waals surface area contributed by atoms with Gasteiger partial charge in [-0.15, -0.1) is 0 Å². The summed E-state index contributed by atoms with van der Waals surface area (Å²) in [5.74, 6) is -0.854. The van der Waals surface area contributed by atoms with Crippen LogP contribution in [-0.2, 0) is 6.54 Å². The minimum absolute atomic E-state index is 0.149. The minimum Gasteiger partial charge on any atom is -0.375 e. The molecule has 0 unspecified atom stereocenters. The van der Waals surface area contributed by atoms with Gasteiger partial charge >= 0.3 is 5.69 Å². The number of hydrogen-bond acceptors (Lipinski definition) is 4. The predicted molar refractivity (Wildman–Crippen MR) is 59.0 cm³/mol. The standard InChI is InChI=1S/C10H9FN4O2/c11-8-2-1-3-9(10(8)15(16)17)12-4-7-5-13-14-6-7/h1-3,5-6,12H,4H2,(H,13,14). The van der Waals surface area contributed by atoms with Crippen molar-refractivity contribution in [3.05, 3.63) is 52.1 Å². The number of nitrogens with zero attached hydrogens (tertiary/aromatic N) is 2. The third-order valence-corrected chi connectivity index (χ3v) is 2.21. The molecule has 0 saturated heterocycles. The van der Waals surface area contributed by atoms with E-state index in [4.69, 9.17) is 0 Å². The number of aromatic amines is 1. The second kappa shape index (κ2) is 4.60. The van der Waals surface area contributed by atoms with Crippen LogP contribution in [0.3, 0.4) is 0 Å². The first kappa shape index (κ1) is 11.1. The van der Waals surface area contributed by atoms with E-state index in [2.05, 4.69) is 15.5 Å². The van der Waals surface area contributed by atoms with E-state index in [1.807, 2.05) is 0 Å². The highest BCUT2D eigenvalue weighted by Crippen LogP contribution is 2.27. The summed E-state index contributed by atoms with van der Waals surface area (Å²) in [4.78, 5) is 9.97. The lowest BCUT2D eigenvalue weighted by molar-refractivity contribution is -0.386. The van der Waals surface area contributed by atoms with E-state index < -0.39 is 16.4 Å². The molecule has 88 valence electrons. The number of H-pyrrole nitrogens is 1. The molecule has 6 nitrogen and oxygen atoms in total. The molecule has 0 saturated carbocycles. The summed E-state index contributed by atoms with van der Waals surface area (Å²) in [5.41, 5.74) is 0.427. The van der Waals surface area contributed by atoms with Gasteiger partial charge in [0.25, 0.3) is 0 Å². The van der Waals surface area contributed by atoms with E-state index in [-0.39, 0.29) is 5.69 Å². The Morgan fingerprint density at radius 2 is 2.35 bits per heavy atom. The Kier molecular flexibility index (Phi) is 2.99. The molecule has 17 heavy (non-hydrogen) atoms. The molecule has 1 heterocycles. The number of hydrogen-bond donors (Lipinski definition) is 2. The highest BCUT2D eigenvalue weighted by molar-refractivity contribution is 5.61. The zero-order chi connectivity index (χ0) is 12.3. The van der Waals surface area contributed by atoms with Crippen molar-refractivity contribution in [1.82, 2.24) is 10.2 Å². The van der Waals surface area contributed by atoms with Gasteiger partial charge in [-0.3, -0.25) is 15.2 Å². The Balaban J connectivity index is 2.21. The van der Waals surface area contributed by atoms with E-state index in [0.29, 0.717) is 6.54 Å². The maximum absolute atomic E-state index is 13.3. The van der Waals surface area contributed by atoms with Gasteiger partial charge in [-0.25, -0.2) is 0 Å². The maximum Gasteiger partial charge on any atom is 0.327 e. The molecule has 2 N–H and O–H groups in total. The molecule has 0 spiro atoms. The summed E-state index contributed by atoms with van der Waals surface area (Å²) in [7, 11) is 0. The van der Waals surface area contributed by atoms with Crippen molar-refractivity contribution in [2.75, 3.05) is 5.32 Å². The quantitative estimate of drug-likeness (QED) is 0.628. The van der Waals surface area contributed by atoms with Crippen LogP contribution in [-0.4, -0.2) is 15.1 Å². The molecule has 1 aromatic heterocycles. The zero-order valence-electron chi connectivity index (χ0n) is 8.68. The van der Waals surface area contributed by atoms with Gasteiger partial charge in [-0.05, 0) is 12.1 Å². The average Bonchev–Trinajstić information content (AvgIpc) is 2.78. The number of benzene rings is 1. The highest BCUT2D eigenvalue weighted by Gasteiger charge is 2.19. The SMILES string of the molecule is O=[N+]([O-])c1c(F)cccc1NCc1cn[nH]c1. The maximum atomic E-state index is 13.3. The fraction of sp³-hybridized carbons (Fsp3) is 0.100. The normalized spacial score (nSPS) is 10.2. The van der Waals surface area contributed by atoms with Gasteiger partial charge in [0.1, 0.15) is 5.69 Å². The van der Waals surface area contributed by atoms with E-state index in [0.717, 1.165) is 11.6 Å². The van der Waals surface area contributed by atoms with Crippen LogP contribution in [0.2, 0.25) is 0 Å². The van der Waals surface area contributed by atoms with Gasteiger partial charge in [0.2, 0.25) is 5.82 Å². The third-order valence-electron chi connectivity index (χ3n) is 2.21. The van der Waals surface area contributed by atoms with Crippen LogP contribution >= 0.6 is 0 Å². The largest absolute Gasteiger partial charge is 0.375 e. The van der Waals surface area contributed by atoms with Gasteiger partial charge in [-0.1, -0.05) is 6.07 Å². The number of rotatable bonds is 4. The van der Waals surface area contributed by atoms with Crippen LogP contribution in [0.5, 0.6) is 0 Å². The molecule has 1 aromatic carbocycles. The Hall–Kier alpha value is -2.44. The van der Waals surface area contributed by atoms with Crippen molar-refractivity contribution < 1.29 is 9.31 Å².